The smallest absolute Gasteiger partial charge is 0.0562 e. The molecule has 0 fully saturated rings. The lowest BCUT2D eigenvalue weighted by Gasteiger charge is -2.29. The van der Waals surface area contributed by atoms with E-state index in [9.17, 15) is 0 Å². The van der Waals surface area contributed by atoms with Gasteiger partial charge < -0.3 is 9.47 Å². The minimum atomic E-state index is 1.08. The highest BCUT2D eigenvalue weighted by Gasteiger charge is 2.24. The quantitative estimate of drug-likeness (QED) is 0.141. The van der Waals surface area contributed by atoms with Crippen molar-refractivity contribution in [3.05, 3.63) is 255 Å². The number of nitrogens with zero attached hydrogens (tertiary/aromatic N) is 2. The number of anilines is 3. The van der Waals surface area contributed by atoms with Gasteiger partial charge in [-0.05, 0) is 98.6 Å². The van der Waals surface area contributed by atoms with Gasteiger partial charge in [0.15, 0.2) is 0 Å². The van der Waals surface area contributed by atoms with Crippen molar-refractivity contribution in [3.8, 4) is 61.3 Å². The maximum Gasteiger partial charge on any atom is 0.0562 e. The average molecular weight is 791 g/mol. The summed E-state index contributed by atoms with van der Waals surface area (Å²) in [5, 5.41) is 2.40. The third kappa shape index (κ3) is 6.65. The molecule has 1 heterocycles. The zero-order valence-electron chi connectivity index (χ0n) is 34.1. The minimum absolute atomic E-state index is 1.08. The first-order valence-electron chi connectivity index (χ1n) is 21.3. The van der Waals surface area contributed by atoms with Crippen molar-refractivity contribution in [2.75, 3.05) is 4.90 Å². The molecule has 2 heteroatoms. The van der Waals surface area contributed by atoms with Crippen LogP contribution in [0, 0.1) is 0 Å². The maximum absolute atomic E-state index is 2.47. The lowest BCUT2D eigenvalue weighted by atomic mass is 9.88. The van der Waals surface area contributed by atoms with E-state index in [2.05, 4.69) is 264 Å². The fourth-order valence-electron chi connectivity index (χ4n) is 9.18. The molecule has 10 aromatic carbocycles. The zero-order chi connectivity index (χ0) is 41.2. The molecule has 0 saturated carbocycles. The molecule has 0 N–H and O–H groups in total. The van der Waals surface area contributed by atoms with Crippen LogP contribution < -0.4 is 4.90 Å². The Morgan fingerprint density at radius 3 is 1.32 bits per heavy atom. The largest absolute Gasteiger partial charge is 0.309 e. The normalized spacial score (nSPS) is 11.2. The molecule has 11 aromatic rings. The minimum Gasteiger partial charge on any atom is -0.309 e. The Hall–Kier alpha value is -8.20. The Morgan fingerprint density at radius 2 is 0.677 bits per heavy atom. The van der Waals surface area contributed by atoms with Crippen molar-refractivity contribution >= 4 is 38.9 Å². The summed E-state index contributed by atoms with van der Waals surface area (Å²) in [5.41, 5.74) is 18.7. The van der Waals surface area contributed by atoms with Crippen LogP contribution in [0.4, 0.5) is 17.1 Å². The molecule has 62 heavy (non-hydrogen) atoms. The van der Waals surface area contributed by atoms with Crippen LogP contribution in [0.3, 0.4) is 0 Å². The highest BCUT2D eigenvalue weighted by atomic mass is 15.2. The summed E-state index contributed by atoms with van der Waals surface area (Å²) in [4.78, 5) is 2.47. The van der Waals surface area contributed by atoms with Gasteiger partial charge >= 0.3 is 0 Å². The van der Waals surface area contributed by atoms with E-state index >= 15 is 0 Å². The van der Waals surface area contributed by atoms with Crippen LogP contribution in [0.2, 0.25) is 0 Å². The predicted octanol–water partition coefficient (Wildman–Crippen LogP) is 16.6. The molecule has 0 radical (unpaired) electrons. The third-order valence-electron chi connectivity index (χ3n) is 12.0. The first-order chi connectivity index (χ1) is 30.8. The maximum atomic E-state index is 2.47. The average Bonchev–Trinajstić information content (AvgIpc) is 3.70. The predicted molar refractivity (Wildman–Crippen MR) is 263 cm³/mol. The van der Waals surface area contributed by atoms with Crippen LogP contribution in [0.25, 0.3) is 83.1 Å². The third-order valence-corrected chi connectivity index (χ3v) is 12.0. The van der Waals surface area contributed by atoms with E-state index < -0.39 is 0 Å². The Labute approximate surface area is 362 Å². The number of aromatic nitrogens is 1. The van der Waals surface area contributed by atoms with Crippen LogP contribution in [-0.2, 0) is 0 Å². The molecule has 0 bridgehead atoms. The molecule has 0 aliphatic rings. The van der Waals surface area contributed by atoms with Crippen LogP contribution in [0.1, 0.15) is 0 Å². The van der Waals surface area contributed by atoms with E-state index in [1.165, 1.54) is 66.4 Å². The Balaban J connectivity index is 1.12. The van der Waals surface area contributed by atoms with E-state index in [1.807, 2.05) is 0 Å². The molecule has 1 aromatic heterocycles. The van der Waals surface area contributed by atoms with Crippen molar-refractivity contribution in [2.24, 2.45) is 0 Å². The summed E-state index contributed by atoms with van der Waals surface area (Å²) in [5.74, 6) is 0. The van der Waals surface area contributed by atoms with Gasteiger partial charge in [-0.15, -0.1) is 0 Å². The van der Waals surface area contributed by atoms with Gasteiger partial charge in [-0.3, -0.25) is 0 Å². The highest BCUT2D eigenvalue weighted by molar-refractivity contribution is 6.17. The fourth-order valence-corrected chi connectivity index (χ4v) is 9.18. The molecule has 0 spiro atoms. The van der Waals surface area contributed by atoms with Crippen molar-refractivity contribution in [1.82, 2.24) is 4.57 Å². The van der Waals surface area contributed by atoms with Crippen LogP contribution in [0.15, 0.2) is 255 Å². The fraction of sp³-hybridized carbons (Fsp3) is 0. The van der Waals surface area contributed by atoms with Gasteiger partial charge in [0.1, 0.15) is 0 Å². The summed E-state index contributed by atoms with van der Waals surface area (Å²) in [7, 11) is 0. The summed E-state index contributed by atoms with van der Waals surface area (Å²) in [6, 6.07) is 92.1. The summed E-state index contributed by atoms with van der Waals surface area (Å²) >= 11 is 0. The molecule has 0 unspecified atom stereocenters. The van der Waals surface area contributed by atoms with Gasteiger partial charge in [0.2, 0.25) is 0 Å². The SMILES string of the molecule is c1ccc(-c2ccc(-c3ccc(N(c4ccccc4-c4ccccc4-c4ccccc4-c4ccccc4)c4cccc5c4c4ccccc4n5-c4ccccc4)cc3)cc2)cc1. The molecular weight excluding hydrogens is 749 g/mol. The number of para-hydroxylation sites is 3. The van der Waals surface area contributed by atoms with Crippen molar-refractivity contribution in [2.45, 2.75) is 0 Å². The molecule has 11 rings (SSSR count). The zero-order valence-corrected chi connectivity index (χ0v) is 34.1. The first kappa shape index (κ1) is 36.8. The lowest BCUT2D eigenvalue weighted by Crippen LogP contribution is -2.12. The lowest BCUT2D eigenvalue weighted by molar-refractivity contribution is 1.18. The summed E-state index contributed by atoms with van der Waals surface area (Å²) in [6.45, 7) is 0. The van der Waals surface area contributed by atoms with E-state index in [-0.39, 0.29) is 0 Å². The highest BCUT2D eigenvalue weighted by Crippen LogP contribution is 2.48. The Morgan fingerprint density at radius 1 is 0.258 bits per heavy atom. The number of hydrogen-bond acceptors (Lipinski definition) is 1. The van der Waals surface area contributed by atoms with Crippen molar-refractivity contribution < 1.29 is 0 Å². The molecule has 0 atom stereocenters. The summed E-state index contributed by atoms with van der Waals surface area (Å²) < 4.78 is 2.40. The molecule has 0 saturated heterocycles. The van der Waals surface area contributed by atoms with Crippen LogP contribution in [-0.4, -0.2) is 4.57 Å². The van der Waals surface area contributed by atoms with Gasteiger partial charge in [0.05, 0.1) is 22.4 Å². The monoisotopic (exact) mass is 790 g/mol. The van der Waals surface area contributed by atoms with E-state index in [0.717, 1.165) is 33.8 Å². The van der Waals surface area contributed by atoms with E-state index in [4.69, 9.17) is 0 Å². The first-order valence-corrected chi connectivity index (χ1v) is 21.3. The molecule has 0 amide bonds. The second-order valence-corrected chi connectivity index (χ2v) is 15.7. The molecule has 0 aliphatic heterocycles. The van der Waals surface area contributed by atoms with Gasteiger partial charge in [-0.1, -0.05) is 206 Å². The number of rotatable bonds is 9. The van der Waals surface area contributed by atoms with Crippen LogP contribution in [0.5, 0.6) is 0 Å². The Kier molecular flexibility index (Phi) is 9.57. The topological polar surface area (TPSA) is 8.17 Å². The number of hydrogen-bond donors (Lipinski definition) is 0. The Bertz CT molecular complexity index is 3310. The molecule has 2 nitrogen and oxygen atoms in total. The number of benzene rings is 10. The van der Waals surface area contributed by atoms with Crippen LogP contribution >= 0.6 is 0 Å². The standard InChI is InChI=1S/C60H42N2/c1-4-19-43(20-5-1)44-35-37-45(38-36-44)46-39-41-49(42-40-46)62(59-34-18-33-58-60(59)55-30-15-17-32-57(55)61(58)48-23-8-3-9-24-48)56-31-16-14-29-54(56)53-28-13-12-27-52(53)51-26-11-10-25-50(51)47-21-6-2-7-22-47/h1-42H. The second-order valence-electron chi connectivity index (χ2n) is 15.7. The molecule has 292 valence electrons. The van der Waals surface area contributed by atoms with Crippen molar-refractivity contribution in [1.29, 1.82) is 0 Å². The van der Waals surface area contributed by atoms with Gasteiger partial charge in [-0.25, -0.2) is 0 Å². The number of fused-ring (bicyclic) bond motifs is 3. The second kappa shape index (κ2) is 16.1. The molecule has 0 aliphatic carbocycles. The van der Waals surface area contributed by atoms with E-state index in [1.54, 1.807) is 0 Å². The summed E-state index contributed by atoms with van der Waals surface area (Å²) in [6.07, 6.45) is 0. The van der Waals surface area contributed by atoms with Gasteiger partial charge in [0, 0.05) is 27.7 Å². The van der Waals surface area contributed by atoms with Gasteiger partial charge in [-0.2, -0.15) is 0 Å². The van der Waals surface area contributed by atoms with E-state index in [0.29, 0.717) is 0 Å². The van der Waals surface area contributed by atoms with Crippen molar-refractivity contribution in [3.63, 3.8) is 0 Å². The van der Waals surface area contributed by atoms with Gasteiger partial charge in [0.25, 0.3) is 0 Å². The molecular formula is C60H42N2.